The highest BCUT2D eigenvalue weighted by Crippen LogP contribution is 2.25. The predicted molar refractivity (Wildman–Crippen MR) is 98.9 cm³/mol. The molecule has 1 unspecified atom stereocenters. The van der Waals surface area contributed by atoms with Gasteiger partial charge in [-0.05, 0) is 50.9 Å². The van der Waals surface area contributed by atoms with Crippen LogP contribution in [0.25, 0.3) is 11.4 Å². The normalized spacial score (nSPS) is 21.2. The van der Waals surface area contributed by atoms with Gasteiger partial charge in [-0.15, -0.1) is 0 Å². The zero-order chi connectivity index (χ0) is 17.2. The second-order valence-electron chi connectivity index (χ2n) is 6.98. The van der Waals surface area contributed by atoms with E-state index < -0.39 is 0 Å². The van der Waals surface area contributed by atoms with Crippen molar-refractivity contribution in [2.75, 3.05) is 31.1 Å². The van der Waals surface area contributed by atoms with Crippen LogP contribution in [0, 0.1) is 0 Å². The number of nitrogens with one attached hydrogen (secondary N) is 1. The van der Waals surface area contributed by atoms with Gasteiger partial charge in [-0.1, -0.05) is 6.92 Å². The lowest BCUT2D eigenvalue weighted by molar-refractivity contribution is 0.260. The molecular formula is C19H25N5O. The fraction of sp³-hybridized carbons (Fsp3) is 0.526. The van der Waals surface area contributed by atoms with E-state index in [0.717, 1.165) is 36.6 Å². The van der Waals surface area contributed by atoms with Gasteiger partial charge in [0.2, 0.25) is 0 Å². The standard InChI is InChI=1S/C19H25N5O/c1-2-15-11-18(25)22-19(21-15)14-5-6-17(20-12-14)24-10-7-16(13-24)23-8-3-4-9-23/h5-6,11-12,16H,2-4,7-10,13H2,1H3,(H,21,22,25). The lowest BCUT2D eigenvalue weighted by Gasteiger charge is -2.24. The van der Waals surface area contributed by atoms with E-state index in [9.17, 15) is 4.79 Å². The maximum absolute atomic E-state index is 11.8. The van der Waals surface area contributed by atoms with Crippen LogP contribution >= 0.6 is 0 Å². The second-order valence-corrected chi connectivity index (χ2v) is 6.98. The summed E-state index contributed by atoms with van der Waals surface area (Å²) in [5.41, 5.74) is 1.54. The lowest BCUT2D eigenvalue weighted by atomic mass is 10.2. The molecule has 25 heavy (non-hydrogen) atoms. The molecule has 4 rings (SSSR count). The SMILES string of the molecule is CCc1cc(=O)[nH]c(-c2ccc(N3CCC(N4CCCC4)C3)nc2)n1. The van der Waals surface area contributed by atoms with Gasteiger partial charge in [-0.3, -0.25) is 9.69 Å². The van der Waals surface area contributed by atoms with Crippen molar-refractivity contribution in [1.82, 2.24) is 19.9 Å². The van der Waals surface area contributed by atoms with E-state index in [-0.39, 0.29) is 5.56 Å². The molecule has 1 N–H and O–H groups in total. The Hall–Kier alpha value is -2.21. The van der Waals surface area contributed by atoms with Crippen LogP contribution < -0.4 is 10.5 Å². The highest BCUT2D eigenvalue weighted by molar-refractivity contribution is 5.56. The average Bonchev–Trinajstić information content (AvgIpc) is 3.32. The molecule has 0 bridgehead atoms. The minimum absolute atomic E-state index is 0.112. The molecule has 2 saturated heterocycles. The third kappa shape index (κ3) is 3.44. The first-order valence-corrected chi connectivity index (χ1v) is 9.28. The van der Waals surface area contributed by atoms with Gasteiger partial charge in [0.05, 0.1) is 0 Å². The first-order valence-electron chi connectivity index (χ1n) is 9.28. The van der Waals surface area contributed by atoms with E-state index in [0.29, 0.717) is 11.9 Å². The molecule has 2 aliphatic rings. The molecule has 6 nitrogen and oxygen atoms in total. The highest BCUT2D eigenvalue weighted by Gasteiger charge is 2.29. The number of H-pyrrole nitrogens is 1. The lowest BCUT2D eigenvalue weighted by Crippen LogP contribution is -2.35. The van der Waals surface area contributed by atoms with Crippen LogP contribution in [-0.2, 0) is 6.42 Å². The third-order valence-corrected chi connectivity index (χ3v) is 5.32. The molecule has 2 aromatic heterocycles. The molecule has 1 atom stereocenters. The van der Waals surface area contributed by atoms with Gasteiger partial charge in [0.1, 0.15) is 11.6 Å². The Bertz CT molecular complexity index is 779. The number of aryl methyl sites for hydroxylation is 1. The molecule has 0 aromatic carbocycles. The summed E-state index contributed by atoms with van der Waals surface area (Å²) in [6, 6.07) is 6.26. The molecule has 0 spiro atoms. The van der Waals surface area contributed by atoms with Gasteiger partial charge in [0.15, 0.2) is 0 Å². The number of likely N-dealkylation sites (tertiary alicyclic amines) is 1. The van der Waals surface area contributed by atoms with E-state index in [4.69, 9.17) is 0 Å². The number of pyridine rings is 1. The quantitative estimate of drug-likeness (QED) is 0.924. The maximum atomic E-state index is 11.8. The average molecular weight is 339 g/mol. The minimum Gasteiger partial charge on any atom is -0.355 e. The van der Waals surface area contributed by atoms with Crippen molar-refractivity contribution in [1.29, 1.82) is 0 Å². The molecule has 6 heteroatoms. The van der Waals surface area contributed by atoms with Crippen LogP contribution in [0.15, 0.2) is 29.2 Å². The zero-order valence-corrected chi connectivity index (χ0v) is 14.7. The summed E-state index contributed by atoms with van der Waals surface area (Å²) in [7, 11) is 0. The fourth-order valence-corrected chi connectivity index (χ4v) is 3.89. The van der Waals surface area contributed by atoms with Crippen molar-refractivity contribution < 1.29 is 0 Å². The monoisotopic (exact) mass is 339 g/mol. The van der Waals surface area contributed by atoms with Crippen LogP contribution in [-0.4, -0.2) is 52.1 Å². The Morgan fingerprint density at radius 3 is 2.80 bits per heavy atom. The predicted octanol–water partition coefficient (Wildman–Crippen LogP) is 2.07. The second kappa shape index (κ2) is 6.96. The number of aromatic amines is 1. The first-order chi connectivity index (χ1) is 12.2. The molecule has 2 aliphatic heterocycles. The fourth-order valence-electron chi connectivity index (χ4n) is 3.89. The van der Waals surface area contributed by atoms with E-state index in [1.807, 2.05) is 25.3 Å². The number of nitrogens with zero attached hydrogens (tertiary/aromatic N) is 4. The van der Waals surface area contributed by atoms with E-state index in [1.54, 1.807) is 6.07 Å². The molecule has 132 valence electrons. The van der Waals surface area contributed by atoms with Crippen molar-refractivity contribution in [2.24, 2.45) is 0 Å². The number of anilines is 1. The molecule has 4 heterocycles. The zero-order valence-electron chi connectivity index (χ0n) is 14.7. The van der Waals surface area contributed by atoms with Gasteiger partial charge in [-0.2, -0.15) is 0 Å². The van der Waals surface area contributed by atoms with Crippen LogP contribution in [0.1, 0.15) is 31.9 Å². The molecule has 0 amide bonds. The summed E-state index contributed by atoms with van der Waals surface area (Å²) in [5.74, 6) is 1.61. The summed E-state index contributed by atoms with van der Waals surface area (Å²) in [4.78, 5) is 28.7. The molecule has 2 fully saturated rings. The molecule has 0 radical (unpaired) electrons. The maximum Gasteiger partial charge on any atom is 0.251 e. The smallest absolute Gasteiger partial charge is 0.251 e. The van der Waals surface area contributed by atoms with Crippen molar-refractivity contribution >= 4 is 5.82 Å². The highest BCUT2D eigenvalue weighted by atomic mass is 16.1. The van der Waals surface area contributed by atoms with Crippen molar-refractivity contribution in [3.63, 3.8) is 0 Å². The largest absolute Gasteiger partial charge is 0.355 e. The van der Waals surface area contributed by atoms with Crippen LogP contribution in [0.4, 0.5) is 5.82 Å². The van der Waals surface area contributed by atoms with Gasteiger partial charge in [0, 0.05) is 42.7 Å². The molecule has 2 aromatic rings. The minimum atomic E-state index is -0.112. The topological polar surface area (TPSA) is 65.1 Å². The Balaban J connectivity index is 1.49. The Morgan fingerprint density at radius 2 is 2.08 bits per heavy atom. The number of rotatable bonds is 4. The summed E-state index contributed by atoms with van der Waals surface area (Å²) < 4.78 is 0. The molecular weight excluding hydrogens is 314 g/mol. The number of hydrogen-bond acceptors (Lipinski definition) is 5. The molecule has 0 saturated carbocycles. The Labute approximate surface area is 147 Å². The number of hydrogen-bond donors (Lipinski definition) is 1. The summed E-state index contributed by atoms with van der Waals surface area (Å²) in [6.45, 7) is 6.62. The van der Waals surface area contributed by atoms with Crippen molar-refractivity contribution in [3.8, 4) is 11.4 Å². The third-order valence-electron chi connectivity index (χ3n) is 5.32. The van der Waals surface area contributed by atoms with Gasteiger partial charge in [0.25, 0.3) is 5.56 Å². The summed E-state index contributed by atoms with van der Waals surface area (Å²) in [6.07, 6.45) is 6.46. The first kappa shape index (κ1) is 16.3. The Kier molecular flexibility index (Phi) is 4.53. The van der Waals surface area contributed by atoms with Crippen LogP contribution in [0.5, 0.6) is 0 Å². The van der Waals surface area contributed by atoms with Crippen LogP contribution in [0.2, 0.25) is 0 Å². The molecule has 0 aliphatic carbocycles. The van der Waals surface area contributed by atoms with Crippen LogP contribution in [0.3, 0.4) is 0 Å². The van der Waals surface area contributed by atoms with Gasteiger partial charge >= 0.3 is 0 Å². The van der Waals surface area contributed by atoms with Gasteiger partial charge in [-0.25, -0.2) is 9.97 Å². The summed E-state index contributed by atoms with van der Waals surface area (Å²) in [5, 5.41) is 0. The number of aromatic nitrogens is 3. The Morgan fingerprint density at radius 1 is 1.24 bits per heavy atom. The van der Waals surface area contributed by atoms with E-state index in [2.05, 4.69) is 24.8 Å². The van der Waals surface area contributed by atoms with Gasteiger partial charge < -0.3 is 9.88 Å². The van der Waals surface area contributed by atoms with Crippen molar-refractivity contribution in [2.45, 2.75) is 38.6 Å². The van der Waals surface area contributed by atoms with E-state index >= 15 is 0 Å². The van der Waals surface area contributed by atoms with E-state index in [1.165, 1.54) is 32.4 Å². The van der Waals surface area contributed by atoms with Crippen molar-refractivity contribution in [3.05, 3.63) is 40.4 Å². The summed E-state index contributed by atoms with van der Waals surface area (Å²) >= 11 is 0.